The van der Waals surface area contributed by atoms with Crippen LogP contribution in [0.2, 0.25) is 5.02 Å². The Labute approximate surface area is 103 Å². The Morgan fingerprint density at radius 2 is 2.06 bits per heavy atom. The highest BCUT2D eigenvalue weighted by molar-refractivity contribution is 6.30. The van der Waals surface area contributed by atoms with Crippen molar-refractivity contribution in [2.24, 2.45) is 13.0 Å². The summed E-state index contributed by atoms with van der Waals surface area (Å²) in [5.74, 6) is 0.919. The van der Waals surface area contributed by atoms with Crippen LogP contribution in [0.4, 0.5) is 0 Å². The number of hydrogen-bond donors (Lipinski definition) is 1. The van der Waals surface area contributed by atoms with Gasteiger partial charge in [0.15, 0.2) is 0 Å². The second-order valence-corrected chi connectivity index (χ2v) is 5.53. The van der Waals surface area contributed by atoms with Crippen molar-refractivity contribution in [1.29, 1.82) is 0 Å². The summed E-state index contributed by atoms with van der Waals surface area (Å²) in [7, 11) is 2.05. The van der Waals surface area contributed by atoms with Gasteiger partial charge in [0.05, 0.1) is 5.02 Å². The van der Waals surface area contributed by atoms with Crippen molar-refractivity contribution in [2.75, 3.05) is 0 Å². The van der Waals surface area contributed by atoms with Crippen LogP contribution in [0.25, 0.3) is 0 Å². The van der Waals surface area contributed by atoms with Crippen molar-refractivity contribution in [1.82, 2.24) is 9.88 Å². The lowest BCUT2D eigenvalue weighted by molar-refractivity contribution is 0.305. The zero-order valence-corrected chi connectivity index (χ0v) is 10.9. The first-order valence-corrected chi connectivity index (χ1v) is 6.57. The molecule has 1 aliphatic rings. The number of rotatable bonds is 3. The number of nitrogens with zero attached hydrogens (tertiary/aromatic N) is 1. The normalized spacial score (nSPS) is 25.9. The molecule has 0 amide bonds. The summed E-state index contributed by atoms with van der Waals surface area (Å²) < 4.78 is 2.10. The van der Waals surface area contributed by atoms with E-state index in [9.17, 15) is 0 Å². The zero-order chi connectivity index (χ0) is 11.5. The molecule has 0 aliphatic heterocycles. The molecule has 0 aromatic carbocycles. The number of hydrogen-bond acceptors (Lipinski definition) is 1. The number of halogens is 1. The molecule has 0 bridgehead atoms. The summed E-state index contributed by atoms with van der Waals surface area (Å²) in [6.07, 6.45) is 7.33. The zero-order valence-electron chi connectivity index (χ0n) is 10.2. The van der Waals surface area contributed by atoms with Gasteiger partial charge in [-0.1, -0.05) is 18.5 Å². The van der Waals surface area contributed by atoms with Crippen LogP contribution in [-0.4, -0.2) is 10.6 Å². The van der Waals surface area contributed by atoms with Crippen LogP contribution in [0.15, 0.2) is 12.3 Å². The monoisotopic (exact) mass is 240 g/mol. The lowest BCUT2D eigenvalue weighted by Crippen LogP contribution is -2.32. The molecule has 2 nitrogen and oxygen atoms in total. The van der Waals surface area contributed by atoms with E-state index < -0.39 is 0 Å². The Bertz CT molecular complexity index is 338. The van der Waals surface area contributed by atoms with E-state index in [0.29, 0.717) is 6.04 Å². The van der Waals surface area contributed by atoms with Crippen molar-refractivity contribution in [3.63, 3.8) is 0 Å². The number of aryl methyl sites for hydroxylation is 1. The minimum atomic E-state index is 0.699. The summed E-state index contributed by atoms with van der Waals surface area (Å²) >= 11 is 5.96. The van der Waals surface area contributed by atoms with Gasteiger partial charge in [0, 0.05) is 31.5 Å². The maximum atomic E-state index is 5.96. The van der Waals surface area contributed by atoms with Crippen molar-refractivity contribution in [3.8, 4) is 0 Å². The Balaban J connectivity index is 1.81. The summed E-state index contributed by atoms with van der Waals surface area (Å²) in [6, 6.07) is 2.74. The summed E-state index contributed by atoms with van der Waals surface area (Å²) in [4.78, 5) is 0. The average molecular weight is 241 g/mol. The molecule has 16 heavy (non-hydrogen) atoms. The Hall–Kier alpha value is -0.470. The molecule has 1 heterocycles. The Kier molecular flexibility index (Phi) is 3.93. The third kappa shape index (κ3) is 3.02. The van der Waals surface area contributed by atoms with E-state index >= 15 is 0 Å². The predicted octanol–water partition coefficient (Wildman–Crippen LogP) is 3.35. The Morgan fingerprint density at radius 1 is 1.38 bits per heavy atom. The van der Waals surface area contributed by atoms with E-state index in [1.807, 2.05) is 19.3 Å². The van der Waals surface area contributed by atoms with Crippen LogP contribution in [0.5, 0.6) is 0 Å². The molecule has 1 saturated carbocycles. The van der Waals surface area contributed by atoms with Crippen LogP contribution < -0.4 is 5.32 Å². The minimum absolute atomic E-state index is 0.699. The fourth-order valence-electron chi connectivity index (χ4n) is 2.46. The van der Waals surface area contributed by atoms with E-state index in [2.05, 4.69) is 16.8 Å². The summed E-state index contributed by atoms with van der Waals surface area (Å²) in [5, 5.41) is 4.46. The molecular weight excluding hydrogens is 220 g/mol. The molecule has 0 saturated heterocycles. The molecular formula is C13H21ClN2. The maximum Gasteiger partial charge on any atom is 0.0585 e. The van der Waals surface area contributed by atoms with E-state index in [1.165, 1.54) is 31.4 Å². The highest BCUT2D eigenvalue weighted by atomic mass is 35.5. The van der Waals surface area contributed by atoms with Gasteiger partial charge >= 0.3 is 0 Å². The molecule has 90 valence electrons. The molecule has 1 aromatic rings. The van der Waals surface area contributed by atoms with E-state index in [-0.39, 0.29) is 0 Å². The van der Waals surface area contributed by atoms with Gasteiger partial charge in [-0.2, -0.15) is 0 Å². The van der Waals surface area contributed by atoms with Gasteiger partial charge in [-0.3, -0.25) is 0 Å². The fourth-order valence-corrected chi connectivity index (χ4v) is 2.73. The first-order chi connectivity index (χ1) is 7.65. The van der Waals surface area contributed by atoms with Crippen molar-refractivity contribution in [3.05, 3.63) is 23.0 Å². The van der Waals surface area contributed by atoms with E-state index in [4.69, 9.17) is 11.6 Å². The van der Waals surface area contributed by atoms with Crippen LogP contribution in [0.1, 0.15) is 38.3 Å². The van der Waals surface area contributed by atoms with Gasteiger partial charge < -0.3 is 9.88 Å². The van der Waals surface area contributed by atoms with Gasteiger partial charge in [-0.25, -0.2) is 0 Å². The lowest BCUT2D eigenvalue weighted by Gasteiger charge is -2.27. The molecule has 0 spiro atoms. The highest BCUT2D eigenvalue weighted by Crippen LogP contribution is 2.23. The van der Waals surface area contributed by atoms with Gasteiger partial charge in [0.1, 0.15) is 0 Å². The molecule has 1 aliphatic carbocycles. The molecule has 0 unspecified atom stereocenters. The van der Waals surface area contributed by atoms with Crippen molar-refractivity contribution >= 4 is 11.6 Å². The van der Waals surface area contributed by atoms with E-state index in [1.54, 1.807) is 0 Å². The molecule has 0 radical (unpaired) electrons. The van der Waals surface area contributed by atoms with Crippen LogP contribution in [0, 0.1) is 5.92 Å². The van der Waals surface area contributed by atoms with Crippen LogP contribution in [0.3, 0.4) is 0 Å². The third-order valence-electron chi connectivity index (χ3n) is 3.66. The van der Waals surface area contributed by atoms with E-state index in [0.717, 1.165) is 17.5 Å². The predicted molar refractivity (Wildman–Crippen MR) is 68.7 cm³/mol. The molecule has 2 rings (SSSR count). The largest absolute Gasteiger partial charge is 0.352 e. The number of aromatic nitrogens is 1. The van der Waals surface area contributed by atoms with Crippen molar-refractivity contribution < 1.29 is 0 Å². The number of nitrogens with one attached hydrogen (secondary N) is 1. The molecule has 0 atom stereocenters. The fraction of sp³-hybridized carbons (Fsp3) is 0.692. The quantitative estimate of drug-likeness (QED) is 0.858. The van der Waals surface area contributed by atoms with Crippen molar-refractivity contribution in [2.45, 2.75) is 45.2 Å². The minimum Gasteiger partial charge on any atom is -0.352 e. The summed E-state index contributed by atoms with van der Waals surface area (Å²) in [6.45, 7) is 3.29. The molecule has 1 aromatic heterocycles. The molecule has 1 fully saturated rings. The average Bonchev–Trinajstić information content (AvgIpc) is 2.57. The van der Waals surface area contributed by atoms with Gasteiger partial charge in [0.25, 0.3) is 0 Å². The summed E-state index contributed by atoms with van der Waals surface area (Å²) in [5.41, 5.74) is 1.27. The van der Waals surface area contributed by atoms with Gasteiger partial charge in [-0.15, -0.1) is 0 Å². The molecule has 3 heteroatoms. The second kappa shape index (κ2) is 5.24. The SMILES string of the molecule is CC1CCC(NCc2cc(Cl)cn2C)CC1. The Morgan fingerprint density at radius 3 is 2.62 bits per heavy atom. The molecule has 1 N–H and O–H groups in total. The lowest BCUT2D eigenvalue weighted by atomic mass is 9.87. The van der Waals surface area contributed by atoms with Gasteiger partial charge in [-0.05, 0) is 37.7 Å². The first-order valence-electron chi connectivity index (χ1n) is 6.19. The van der Waals surface area contributed by atoms with Crippen LogP contribution >= 0.6 is 11.6 Å². The third-order valence-corrected chi connectivity index (χ3v) is 3.87. The smallest absolute Gasteiger partial charge is 0.0585 e. The van der Waals surface area contributed by atoms with Crippen LogP contribution in [-0.2, 0) is 13.6 Å². The first kappa shape index (κ1) is 12.0. The second-order valence-electron chi connectivity index (χ2n) is 5.10. The maximum absolute atomic E-state index is 5.96. The standard InChI is InChI=1S/C13H21ClN2/c1-10-3-5-12(6-4-10)15-8-13-7-11(14)9-16(13)2/h7,9-10,12,15H,3-6,8H2,1-2H3. The van der Waals surface area contributed by atoms with Gasteiger partial charge in [0.2, 0.25) is 0 Å². The highest BCUT2D eigenvalue weighted by Gasteiger charge is 2.17. The topological polar surface area (TPSA) is 17.0 Å².